The summed E-state index contributed by atoms with van der Waals surface area (Å²) in [5.74, 6) is -0.757. The van der Waals surface area contributed by atoms with Gasteiger partial charge in [0.05, 0.1) is 16.3 Å². The van der Waals surface area contributed by atoms with Crippen molar-refractivity contribution in [3.63, 3.8) is 0 Å². The van der Waals surface area contributed by atoms with Crippen LogP contribution >= 0.6 is 24.0 Å². The smallest absolute Gasteiger partial charge is 0.303 e. The van der Waals surface area contributed by atoms with E-state index in [-0.39, 0.29) is 18.1 Å². The van der Waals surface area contributed by atoms with E-state index in [1.54, 1.807) is 35.2 Å². The lowest BCUT2D eigenvalue weighted by molar-refractivity contribution is -0.137. The van der Waals surface area contributed by atoms with Crippen LogP contribution in [0.25, 0.3) is 17.3 Å². The molecule has 6 nitrogen and oxygen atoms in total. The van der Waals surface area contributed by atoms with Gasteiger partial charge in [-0.3, -0.25) is 14.5 Å². The average molecular weight is 429 g/mol. The van der Waals surface area contributed by atoms with Crippen LogP contribution in [0.15, 0.2) is 47.4 Å². The third kappa shape index (κ3) is 5.65. The quantitative estimate of drug-likeness (QED) is 0.368. The van der Waals surface area contributed by atoms with Gasteiger partial charge in [-0.1, -0.05) is 36.5 Å². The maximum atomic E-state index is 12.7. The van der Waals surface area contributed by atoms with Crippen molar-refractivity contribution in [2.24, 2.45) is 0 Å². The Balaban J connectivity index is 1.67. The fourth-order valence-electron chi connectivity index (χ4n) is 2.87. The fraction of sp³-hybridized carbons (Fsp3) is 0.238. The number of aromatic nitrogens is 1. The predicted molar refractivity (Wildman–Crippen MR) is 117 cm³/mol. The summed E-state index contributed by atoms with van der Waals surface area (Å²) in [6.07, 6.45) is 3.91. The van der Waals surface area contributed by atoms with Crippen LogP contribution in [-0.2, 0) is 9.59 Å². The van der Waals surface area contributed by atoms with Gasteiger partial charge in [0.1, 0.15) is 10.1 Å². The maximum Gasteiger partial charge on any atom is 0.303 e. The SMILES string of the molecule is O=C(O)CCCCCN1C(=O)/C(=C/c2cccc(-c3ccc(O)cc3)n2)SC1=S. The molecular formula is C21H20N2O4S2. The van der Waals surface area contributed by atoms with E-state index < -0.39 is 5.97 Å². The Bertz CT molecular complexity index is 957. The molecule has 150 valence electrons. The number of thiocarbonyl (C=S) groups is 1. The number of hydrogen-bond acceptors (Lipinski definition) is 6. The first-order chi connectivity index (χ1) is 13.9. The number of carboxylic acid groups (broad SMARTS) is 1. The van der Waals surface area contributed by atoms with E-state index in [2.05, 4.69) is 4.98 Å². The topological polar surface area (TPSA) is 90.7 Å². The number of carbonyl (C=O) groups is 2. The van der Waals surface area contributed by atoms with Crippen molar-refractivity contribution in [1.29, 1.82) is 0 Å². The van der Waals surface area contributed by atoms with E-state index >= 15 is 0 Å². The van der Waals surface area contributed by atoms with E-state index in [1.165, 1.54) is 11.8 Å². The highest BCUT2D eigenvalue weighted by molar-refractivity contribution is 8.26. The van der Waals surface area contributed by atoms with Crippen molar-refractivity contribution in [2.75, 3.05) is 6.54 Å². The lowest BCUT2D eigenvalue weighted by atomic mass is 10.1. The number of nitrogens with zero attached hydrogens (tertiary/aromatic N) is 2. The number of phenolic OH excluding ortho intramolecular Hbond substituents is 1. The Hall–Kier alpha value is -2.71. The summed E-state index contributed by atoms with van der Waals surface area (Å²) >= 11 is 6.58. The lowest BCUT2D eigenvalue weighted by Crippen LogP contribution is -2.29. The first-order valence-corrected chi connectivity index (χ1v) is 10.4. The van der Waals surface area contributed by atoms with Crippen molar-refractivity contribution >= 4 is 46.3 Å². The molecule has 0 aliphatic carbocycles. The minimum atomic E-state index is -0.805. The monoisotopic (exact) mass is 428 g/mol. The molecule has 0 saturated carbocycles. The highest BCUT2D eigenvalue weighted by Gasteiger charge is 2.31. The van der Waals surface area contributed by atoms with Gasteiger partial charge in [0.15, 0.2) is 0 Å². The molecule has 1 saturated heterocycles. The number of benzene rings is 1. The third-order valence-corrected chi connectivity index (χ3v) is 5.74. The summed E-state index contributed by atoms with van der Waals surface area (Å²) in [4.78, 5) is 29.9. The van der Waals surface area contributed by atoms with Gasteiger partial charge in [-0.25, -0.2) is 4.98 Å². The highest BCUT2D eigenvalue weighted by atomic mass is 32.2. The van der Waals surface area contributed by atoms with Gasteiger partial charge in [0.25, 0.3) is 5.91 Å². The third-order valence-electron chi connectivity index (χ3n) is 4.36. The van der Waals surface area contributed by atoms with Crippen LogP contribution in [0.3, 0.4) is 0 Å². The molecule has 2 N–H and O–H groups in total. The molecule has 1 aromatic carbocycles. The number of phenols is 1. The summed E-state index contributed by atoms with van der Waals surface area (Å²) < 4.78 is 0.508. The fourth-order valence-corrected chi connectivity index (χ4v) is 4.17. The van der Waals surface area contributed by atoms with Gasteiger partial charge in [-0.05, 0) is 55.3 Å². The first-order valence-electron chi connectivity index (χ1n) is 9.17. The molecule has 1 amide bonds. The molecule has 1 fully saturated rings. The number of amides is 1. The zero-order valence-corrected chi connectivity index (χ0v) is 17.2. The Morgan fingerprint density at radius 2 is 1.90 bits per heavy atom. The summed E-state index contributed by atoms with van der Waals surface area (Å²) in [6.45, 7) is 0.489. The summed E-state index contributed by atoms with van der Waals surface area (Å²) in [5, 5.41) is 18.1. The van der Waals surface area contributed by atoms with Crippen LogP contribution in [0.5, 0.6) is 5.75 Å². The van der Waals surface area contributed by atoms with Gasteiger partial charge >= 0.3 is 5.97 Å². The van der Waals surface area contributed by atoms with Crippen LogP contribution in [-0.4, -0.2) is 42.8 Å². The number of pyridine rings is 1. The number of aliphatic carboxylic acids is 1. The van der Waals surface area contributed by atoms with E-state index in [0.717, 1.165) is 17.7 Å². The number of rotatable bonds is 8. The van der Waals surface area contributed by atoms with Crippen LogP contribution in [0, 0.1) is 0 Å². The van der Waals surface area contributed by atoms with E-state index in [0.29, 0.717) is 34.3 Å². The van der Waals surface area contributed by atoms with Crippen LogP contribution in [0.4, 0.5) is 0 Å². The molecule has 0 atom stereocenters. The zero-order valence-electron chi connectivity index (χ0n) is 15.6. The van der Waals surface area contributed by atoms with Crippen LogP contribution in [0.2, 0.25) is 0 Å². The van der Waals surface area contributed by atoms with E-state index in [4.69, 9.17) is 17.3 Å². The second kappa shape index (κ2) is 9.67. The number of aromatic hydroxyl groups is 1. The minimum absolute atomic E-state index is 0.140. The molecular weight excluding hydrogens is 408 g/mol. The van der Waals surface area contributed by atoms with Gasteiger partial charge in [-0.2, -0.15) is 0 Å². The molecule has 3 rings (SSSR count). The second-order valence-corrected chi connectivity index (χ2v) is 8.21. The number of unbranched alkanes of at least 4 members (excludes halogenated alkanes) is 2. The number of hydrogen-bond donors (Lipinski definition) is 2. The van der Waals surface area contributed by atoms with Gasteiger partial charge < -0.3 is 10.2 Å². The number of carbonyl (C=O) groups excluding carboxylic acids is 1. The zero-order chi connectivity index (χ0) is 20.8. The van der Waals surface area contributed by atoms with E-state index in [1.807, 2.05) is 18.2 Å². The molecule has 0 radical (unpaired) electrons. The molecule has 29 heavy (non-hydrogen) atoms. The molecule has 1 aromatic heterocycles. The first kappa shape index (κ1) is 21.0. The van der Waals surface area contributed by atoms with Gasteiger partial charge in [0.2, 0.25) is 0 Å². The Morgan fingerprint density at radius 3 is 2.62 bits per heavy atom. The molecule has 1 aliphatic heterocycles. The average Bonchev–Trinajstić information content (AvgIpc) is 2.95. The molecule has 2 aromatic rings. The highest BCUT2D eigenvalue weighted by Crippen LogP contribution is 2.33. The van der Waals surface area contributed by atoms with Crippen molar-refractivity contribution in [1.82, 2.24) is 9.88 Å². The lowest BCUT2D eigenvalue weighted by Gasteiger charge is -2.13. The van der Waals surface area contributed by atoms with Crippen molar-refractivity contribution < 1.29 is 19.8 Å². The second-order valence-electron chi connectivity index (χ2n) is 6.53. The van der Waals surface area contributed by atoms with Gasteiger partial charge in [-0.15, -0.1) is 0 Å². The molecule has 2 heterocycles. The number of carboxylic acids is 1. The largest absolute Gasteiger partial charge is 0.508 e. The van der Waals surface area contributed by atoms with Crippen molar-refractivity contribution in [3.05, 3.63) is 53.1 Å². The van der Waals surface area contributed by atoms with Crippen LogP contribution in [0.1, 0.15) is 31.4 Å². The summed E-state index contributed by atoms with van der Waals surface area (Å²) in [5.41, 5.74) is 2.26. The van der Waals surface area contributed by atoms with Gasteiger partial charge in [0, 0.05) is 18.5 Å². The number of thioether (sulfide) groups is 1. The standard InChI is InChI=1S/C21H20N2O4S2/c24-16-10-8-14(9-11-16)17-6-4-5-15(22-17)13-18-20(27)23(21(28)29-18)12-3-1-2-7-19(25)26/h4-6,8-11,13,24H,1-3,7,12H2,(H,25,26)/b18-13-. The van der Waals surface area contributed by atoms with E-state index in [9.17, 15) is 14.7 Å². The molecule has 0 bridgehead atoms. The van der Waals surface area contributed by atoms with Crippen LogP contribution < -0.4 is 0 Å². The summed E-state index contributed by atoms with van der Waals surface area (Å²) in [7, 11) is 0. The molecule has 8 heteroatoms. The minimum Gasteiger partial charge on any atom is -0.508 e. The van der Waals surface area contributed by atoms with Crippen molar-refractivity contribution in [2.45, 2.75) is 25.7 Å². The molecule has 0 unspecified atom stereocenters. The molecule has 0 spiro atoms. The summed E-state index contributed by atoms with van der Waals surface area (Å²) in [6, 6.07) is 12.3. The Kier molecular flexibility index (Phi) is 7.00. The molecule has 1 aliphatic rings. The Morgan fingerprint density at radius 1 is 1.14 bits per heavy atom. The maximum absolute atomic E-state index is 12.7. The Labute approximate surface area is 178 Å². The van der Waals surface area contributed by atoms with Crippen molar-refractivity contribution in [3.8, 4) is 17.0 Å². The predicted octanol–water partition coefficient (Wildman–Crippen LogP) is 4.30. The normalized spacial score (nSPS) is 15.3.